The summed E-state index contributed by atoms with van der Waals surface area (Å²) in [6.45, 7) is 0.314. The lowest BCUT2D eigenvalue weighted by atomic mass is 9.82. The summed E-state index contributed by atoms with van der Waals surface area (Å²) in [7, 11) is 0. The molecule has 0 fully saturated rings. The fraction of sp³-hybridized carbons (Fsp3) is 0.212. The summed E-state index contributed by atoms with van der Waals surface area (Å²) in [4.78, 5) is 19.2. The molecule has 2 atom stereocenters. The number of amides is 1. The molecule has 1 heterocycles. The summed E-state index contributed by atoms with van der Waals surface area (Å²) in [5.74, 6) is -1.00. The van der Waals surface area contributed by atoms with Gasteiger partial charge in [-0.2, -0.15) is 0 Å². The van der Waals surface area contributed by atoms with Gasteiger partial charge in [-0.1, -0.05) is 56.1 Å². The highest BCUT2D eigenvalue weighted by Gasteiger charge is 2.53. The minimum Gasteiger partial charge on any atom is -0.494 e. The smallest absolute Gasteiger partial charge is 0.252 e. The maximum absolute atomic E-state index is 14.3. The third-order valence-electron chi connectivity index (χ3n) is 6.96. The number of rotatable bonds is 11. The van der Waals surface area contributed by atoms with Crippen LogP contribution in [0.2, 0.25) is 0 Å². The molecule has 0 saturated carbocycles. The average Bonchev–Trinajstić information content (AvgIpc) is 3.38. The van der Waals surface area contributed by atoms with E-state index in [4.69, 9.17) is 19.6 Å². The first-order chi connectivity index (χ1) is 20.8. The van der Waals surface area contributed by atoms with Crippen LogP contribution in [0.25, 0.3) is 0 Å². The fourth-order valence-electron chi connectivity index (χ4n) is 4.88. The van der Waals surface area contributed by atoms with E-state index in [0.717, 1.165) is 26.1 Å². The van der Waals surface area contributed by atoms with Crippen molar-refractivity contribution in [1.29, 1.82) is 0 Å². The molecule has 4 aromatic carbocycles. The zero-order valence-electron chi connectivity index (χ0n) is 22.9. The summed E-state index contributed by atoms with van der Waals surface area (Å²) in [6, 6.07) is 25.4. The highest BCUT2D eigenvalue weighted by molar-refractivity contribution is 9.10. The Morgan fingerprint density at radius 3 is 2.16 bits per heavy atom. The second-order valence-electron chi connectivity index (χ2n) is 10.1. The van der Waals surface area contributed by atoms with Crippen molar-refractivity contribution in [2.75, 3.05) is 13.2 Å². The van der Waals surface area contributed by atoms with Crippen LogP contribution in [0.4, 0.5) is 8.78 Å². The molecule has 0 spiro atoms. The SMILES string of the molecule is O=C(NCc1cc(F)cc(F)c1)[C@]1(Cc2ccc(Br)cc2)N=C(c2ccc(OCCCO)cc2)O[C@@H]1c1ccc(Br)cc1. The number of aliphatic hydroxyl groups is 1. The predicted octanol–water partition coefficient (Wildman–Crippen LogP) is 7.07. The van der Waals surface area contributed by atoms with E-state index in [1.807, 2.05) is 48.5 Å². The van der Waals surface area contributed by atoms with E-state index in [0.29, 0.717) is 24.3 Å². The molecule has 1 amide bonds. The summed E-state index contributed by atoms with van der Waals surface area (Å²) in [5, 5.41) is 11.9. The summed E-state index contributed by atoms with van der Waals surface area (Å²) < 4.78 is 41.7. The summed E-state index contributed by atoms with van der Waals surface area (Å²) in [5.41, 5.74) is 1.05. The van der Waals surface area contributed by atoms with Gasteiger partial charge in [0, 0.05) is 46.6 Å². The van der Waals surface area contributed by atoms with E-state index in [-0.39, 0.29) is 31.0 Å². The van der Waals surface area contributed by atoms with Crippen LogP contribution in [0.1, 0.15) is 34.8 Å². The number of nitrogens with one attached hydrogen (secondary N) is 1. The predicted molar refractivity (Wildman–Crippen MR) is 167 cm³/mol. The van der Waals surface area contributed by atoms with Crippen LogP contribution < -0.4 is 10.1 Å². The highest BCUT2D eigenvalue weighted by Crippen LogP contribution is 2.43. The first kappa shape index (κ1) is 30.8. The van der Waals surface area contributed by atoms with Gasteiger partial charge in [0.25, 0.3) is 5.91 Å². The van der Waals surface area contributed by atoms with E-state index < -0.39 is 29.2 Å². The Kier molecular flexibility index (Phi) is 9.90. The Balaban J connectivity index is 1.55. The molecule has 6 nitrogen and oxygen atoms in total. The Labute approximate surface area is 265 Å². The van der Waals surface area contributed by atoms with Crippen LogP contribution in [0, 0.1) is 11.6 Å². The van der Waals surface area contributed by atoms with Gasteiger partial charge in [-0.3, -0.25) is 4.79 Å². The van der Waals surface area contributed by atoms with E-state index in [1.54, 1.807) is 24.3 Å². The van der Waals surface area contributed by atoms with Crippen molar-refractivity contribution >= 4 is 43.7 Å². The van der Waals surface area contributed by atoms with Crippen molar-refractivity contribution < 1.29 is 28.2 Å². The van der Waals surface area contributed by atoms with Gasteiger partial charge in [0.1, 0.15) is 17.4 Å². The third kappa shape index (κ3) is 7.49. The molecule has 0 unspecified atom stereocenters. The molecule has 5 rings (SSSR count). The van der Waals surface area contributed by atoms with Crippen molar-refractivity contribution in [1.82, 2.24) is 5.32 Å². The zero-order valence-corrected chi connectivity index (χ0v) is 26.1. The number of hydrogen-bond donors (Lipinski definition) is 2. The molecule has 43 heavy (non-hydrogen) atoms. The molecule has 0 aromatic heterocycles. The number of nitrogens with zero attached hydrogens (tertiary/aromatic N) is 1. The molecule has 0 bridgehead atoms. The van der Waals surface area contributed by atoms with Crippen LogP contribution in [0.5, 0.6) is 5.75 Å². The molecular weight excluding hydrogens is 686 g/mol. The minimum absolute atomic E-state index is 0.0385. The van der Waals surface area contributed by atoms with E-state index >= 15 is 0 Å². The second-order valence-corrected chi connectivity index (χ2v) is 11.9. The van der Waals surface area contributed by atoms with Crippen molar-refractivity contribution in [3.05, 3.63) is 134 Å². The maximum Gasteiger partial charge on any atom is 0.252 e. The van der Waals surface area contributed by atoms with Gasteiger partial charge in [-0.15, -0.1) is 0 Å². The van der Waals surface area contributed by atoms with Crippen LogP contribution in [0.15, 0.2) is 105 Å². The molecule has 222 valence electrons. The van der Waals surface area contributed by atoms with Crippen LogP contribution in [0.3, 0.4) is 0 Å². The first-order valence-corrected chi connectivity index (χ1v) is 15.2. The van der Waals surface area contributed by atoms with Gasteiger partial charge in [0.2, 0.25) is 5.90 Å². The van der Waals surface area contributed by atoms with Gasteiger partial charge in [0.05, 0.1) is 6.61 Å². The van der Waals surface area contributed by atoms with E-state index in [1.165, 1.54) is 12.1 Å². The monoisotopic (exact) mass is 712 g/mol. The van der Waals surface area contributed by atoms with Crippen LogP contribution in [-0.4, -0.2) is 35.7 Å². The molecule has 0 radical (unpaired) electrons. The van der Waals surface area contributed by atoms with Crippen molar-refractivity contribution in [2.24, 2.45) is 4.99 Å². The van der Waals surface area contributed by atoms with Crippen molar-refractivity contribution in [2.45, 2.75) is 31.0 Å². The van der Waals surface area contributed by atoms with Gasteiger partial charge in [-0.25, -0.2) is 13.8 Å². The van der Waals surface area contributed by atoms with Crippen molar-refractivity contribution in [3.8, 4) is 5.75 Å². The molecule has 10 heteroatoms. The lowest BCUT2D eigenvalue weighted by Gasteiger charge is -2.31. The summed E-state index contributed by atoms with van der Waals surface area (Å²) in [6.07, 6.45) is -0.109. The number of aliphatic hydroxyl groups excluding tert-OH is 1. The Morgan fingerprint density at radius 2 is 1.53 bits per heavy atom. The fourth-order valence-corrected chi connectivity index (χ4v) is 5.41. The lowest BCUT2D eigenvalue weighted by molar-refractivity contribution is -0.129. The van der Waals surface area contributed by atoms with Gasteiger partial charge in [-0.05, 0) is 77.4 Å². The first-order valence-electron chi connectivity index (χ1n) is 13.6. The van der Waals surface area contributed by atoms with Gasteiger partial charge < -0.3 is 19.9 Å². The lowest BCUT2D eigenvalue weighted by Crippen LogP contribution is -2.49. The number of aliphatic imine (C=N–C) groups is 1. The Bertz CT molecular complexity index is 1580. The Hall–Kier alpha value is -3.60. The normalized spacial score (nSPS) is 17.7. The zero-order chi connectivity index (χ0) is 30.4. The van der Waals surface area contributed by atoms with Gasteiger partial charge >= 0.3 is 0 Å². The number of carbonyl (C=O) groups excluding carboxylic acids is 1. The second kappa shape index (κ2) is 13.8. The van der Waals surface area contributed by atoms with E-state index in [2.05, 4.69) is 37.2 Å². The molecule has 2 N–H and O–H groups in total. The highest BCUT2D eigenvalue weighted by atomic mass is 79.9. The Morgan fingerprint density at radius 1 is 0.907 bits per heavy atom. The number of halogens is 4. The number of carbonyl (C=O) groups is 1. The molecular formula is C33H28Br2F2N2O4. The molecule has 4 aromatic rings. The molecule has 0 saturated heterocycles. The standard InChI is InChI=1S/C33H28Br2F2N2O4/c34-25-8-2-21(3-9-25)19-33(32(41)38-20-22-16-27(36)18-28(37)17-22)30(23-4-10-26(35)11-5-23)43-31(39-33)24-6-12-29(13-7-24)42-15-1-14-40/h2-13,16-18,30,40H,1,14-15,19-20H2,(H,38,41)/t30-,33-/m1/s1. The minimum atomic E-state index is -1.46. The summed E-state index contributed by atoms with van der Waals surface area (Å²) >= 11 is 6.94. The number of hydrogen-bond acceptors (Lipinski definition) is 5. The van der Waals surface area contributed by atoms with Crippen LogP contribution >= 0.6 is 31.9 Å². The number of ether oxygens (including phenoxy) is 2. The molecule has 1 aliphatic heterocycles. The maximum atomic E-state index is 14.3. The third-order valence-corrected chi connectivity index (χ3v) is 8.02. The largest absolute Gasteiger partial charge is 0.494 e. The average molecular weight is 714 g/mol. The van der Waals surface area contributed by atoms with Crippen LogP contribution in [-0.2, 0) is 22.5 Å². The topological polar surface area (TPSA) is 80.2 Å². The number of benzene rings is 4. The van der Waals surface area contributed by atoms with E-state index in [9.17, 15) is 13.6 Å². The van der Waals surface area contributed by atoms with Crippen molar-refractivity contribution in [3.63, 3.8) is 0 Å². The quantitative estimate of drug-likeness (QED) is 0.163. The molecule has 0 aliphatic carbocycles. The van der Waals surface area contributed by atoms with Gasteiger partial charge in [0.15, 0.2) is 11.6 Å². The molecule has 1 aliphatic rings.